The summed E-state index contributed by atoms with van der Waals surface area (Å²) in [5.74, 6) is -0.304. The van der Waals surface area contributed by atoms with E-state index in [0.29, 0.717) is 5.69 Å². The largest absolute Gasteiger partial charge is 0.379 e. The molecule has 0 radical (unpaired) electrons. The van der Waals surface area contributed by atoms with Gasteiger partial charge in [-0.15, -0.1) is 5.10 Å². The summed E-state index contributed by atoms with van der Waals surface area (Å²) in [5.41, 5.74) is 10.4. The molecule has 0 aliphatic rings. The normalized spacial score (nSPS) is 11.4. The van der Waals surface area contributed by atoms with Crippen molar-refractivity contribution in [3.63, 3.8) is 0 Å². The zero-order chi connectivity index (χ0) is 19.2. The number of hydrazone groups is 1. The molecule has 140 valence electrons. The average Bonchev–Trinajstić information content (AvgIpc) is 3.30. The third kappa shape index (κ3) is 4.08. The van der Waals surface area contributed by atoms with Crippen molar-refractivity contribution in [3.05, 3.63) is 41.7 Å². The lowest BCUT2D eigenvalue weighted by Crippen LogP contribution is -2.22. The molecule has 0 unspecified atom stereocenters. The number of carbonyl (C=O) groups excluding carboxylic acids is 1. The number of nitrogens with two attached hydrogens (primary N) is 1. The molecule has 2 heterocycles. The van der Waals surface area contributed by atoms with Gasteiger partial charge in [0, 0.05) is 11.4 Å². The molecule has 4 N–H and O–H groups in total. The van der Waals surface area contributed by atoms with E-state index in [4.69, 9.17) is 5.73 Å². The highest BCUT2D eigenvalue weighted by atomic mass is 16.6. The number of anilines is 2. The lowest BCUT2D eigenvalue weighted by atomic mass is 10.2. The van der Waals surface area contributed by atoms with Gasteiger partial charge in [-0.2, -0.15) is 9.78 Å². The van der Waals surface area contributed by atoms with Gasteiger partial charge in [0.05, 0.1) is 12.2 Å². The molecule has 2 aromatic heterocycles. The summed E-state index contributed by atoms with van der Waals surface area (Å²) in [6.07, 6.45) is 0.719. The maximum atomic E-state index is 12.5. The second-order valence-electron chi connectivity index (χ2n) is 5.63. The average molecular weight is 369 g/mol. The predicted octanol–water partition coefficient (Wildman–Crippen LogP) is 1.36. The summed E-state index contributed by atoms with van der Waals surface area (Å²) in [6, 6.07) is 9.50. The molecule has 0 atom stereocenters. The smallest absolute Gasteiger partial charge is 0.293 e. The van der Waals surface area contributed by atoms with Crippen LogP contribution in [0.1, 0.15) is 36.5 Å². The summed E-state index contributed by atoms with van der Waals surface area (Å²) in [4.78, 5) is 12.5. The fourth-order valence-electron chi connectivity index (χ4n) is 2.16. The standard InChI is InChI=1S/C16H19N9O2/c1-3-10(2)19-21-16(26)13-12(9-18-11-7-5-4-6-8-11)25(24-20-13)15-14(17)22-27-23-15/h4-8,18H,3,9H2,1-2H3,(H2,17,22)(H,21,26)/b19-10+. The van der Waals surface area contributed by atoms with Crippen LogP contribution < -0.4 is 16.5 Å². The first-order valence-corrected chi connectivity index (χ1v) is 8.25. The predicted molar refractivity (Wildman–Crippen MR) is 98.3 cm³/mol. The number of para-hydroxylation sites is 1. The van der Waals surface area contributed by atoms with Crippen molar-refractivity contribution in [2.45, 2.75) is 26.8 Å². The van der Waals surface area contributed by atoms with E-state index in [2.05, 4.69) is 41.1 Å². The van der Waals surface area contributed by atoms with E-state index in [9.17, 15) is 4.79 Å². The molecule has 0 fully saturated rings. The third-order valence-corrected chi connectivity index (χ3v) is 3.77. The van der Waals surface area contributed by atoms with Crippen molar-refractivity contribution in [2.24, 2.45) is 5.10 Å². The number of nitrogens with one attached hydrogen (secondary N) is 2. The van der Waals surface area contributed by atoms with Gasteiger partial charge in [-0.05, 0) is 35.8 Å². The number of hydrogen-bond donors (Lipinski definition) is 3. The molecule has 0 aliphatic heterocycles. The zero-order valence-corrected chi connectivity index (χ0v) is 14.9. The first-order valence-electron chi connectivity index (χ1n) is 8.25. The molecule has 0 saturated heterocycles. The van der Waals surface area contributed by atoms with Crippen molar-refractivity contribution in [3.8, 4) is 5.82 Å². The molecule has 0 aliphatic carbocycles. The molecule has 0 bridgehead atoms. The van der Waals surface area contributed by atoms with Gasteiger partial charge in [0.15, 0.2) is 5.69 Å². The van der Waals surface area contributed by atoms with Gasteiger partial charge >= 0.3 is 0 Å². The van der Waals surface area contributed by atoms with Crippen molar-refractivity contribution >= 4 is 23.1 Å². The zero-order valence-electron chi connectivity index (χ0n) is 14.9. The number of hydrogen-bond acceptors (Lipinski definition) is 9. The Morgan fingerprint density at radius 2 is 2.07 bits per heavy atom. The lowest BCUT2D eigenvalue weighted by Gasteiger charge is -2.08. The van der Waals surface area contributed by atoms with E-state index in [1.807, 2.05) is 44.2 Å². The molecule has 0 spiro atoms. The fraction of sp³-hybridized carbons (Fsp3) is 0.250. The Morgan fingerprint density at radius 1 is 1.30 bits per heavy atom. The second kappa shape index (κ2) is 8.08. The highest BCUT2D eigenvalue weighted by Gasteiger charge is 2.23. The van der Waals surface area contributed by atoms with Gasteiger partial charge in [0.1, 0.15) is 0 Å². The van der Waals surface area contributed by atoms with E-state index in [1.165, 1.54) is 4.68 Å². The van der Waals surface area contributed by atoms with Gasteiger partial charge in [0.25, 0.3) is 5.91 Å². The maximum Gasteiger partial charge on any atom is 0.293 e. The summed E-state index contributed by atoms with van der Waals surface area (Å²) in [6.45, 7) is 4.00. The van der Waals surface area contributed by atoms with Crippen LogP contribution in [0.4, 0.5) is 11.5 Å². The van der Waals surface area contributed by atoms with Crippen molar-refractivity contribution in [1.82, 2.24) is 30.7 Å². The van der Waals surface area contributed by atoms with Crippen LogP contribution in [0.2, 0.25) is 0 Å². The van der Waals surface area contributed by atoms with Crippen LogP contribution in [0.3, 0.4) is 0 Å². The minimum Gasteiger partial charge on any atom is -0.379 e. The Bertz CT molecular complexity index is 946. The highest BCUT2D eigenvalue weighted by Crippen LogP contribution is 2.17. The van der Waals surface area contributed by atoms with E-state index in [0.717, 1.165) is 17.8 Å². The molecule has 0 saturated carbocycles. The quantitative estimate of drug-likeness (QED) is 0.417. The highest BCUT2D eigenvalue weighted by molar-refractivity contribution is 5.94. The summed E-state index contributed by atoms with van der Waals surface area (Å²) >= 11 is 0. The summed E-state index contributed by atoms with van der Waals surface area (Å²) in [7, 11) is 0. The van der Waals surface area contributed by atoms with Crippen LogP contribution in [-0.4, -0.2) is 36.9 Å². The summed E-state index contributed by atoms with van der Waals surface area (Å²) in [5, 5.41) is 22.4. The van der Waals surface area contributed by atoms with E-state index >= 15 is 0 Å². The minimum absolute atomic E-state index is 0.0349. The molecule has 11 heteroatoms. The Hall–Kier alpha value is -3.76. The van der Waals surface area contributed by atoms with Crippen molar-refractivity contribution in [2.75, 3.05) is 11.1 Å². The number of benzene rings is 1. The number of nitrogen functional groups attached to an aromatic ring is 1. The second-order valence-corrected chi connectivity index (χ2v) is 5.63. The number of aromatic nitrogens is 5. The van der Waals surface area contributed by atoms with Gasteiger partial charge in [0.2, 0.25) is 11.6 Å². The molecular formula is C16H19N9O2. The van der Waals surface area contributed by atoms with Crippen LogP contribution in [0.5, 0.6) is 0 Å². The maximum absolute atomic E-state index is 12.5. The Balaban J connectivity index is 1.92. The number of carbonyl (C=O) groups is 1. The first kappa shape index (κ1) is 18.0. The van der Waals surface area contributed by atoms with Crippen LogP contribution in [0, 0.1) is 0 Å². The molecule has 1 aromatic carbocycles. The third-order valence-electron chi connectivity index (χ3n) is 3.77. The van der Waals surface area contributed by atoms with Crippen LogP contribution in [0.25, 0.3) is 5.82 Å². The molecule has 11 nitrogen and oxygen atoms in total. The number of amides is 1. The van der Waals surface area contributed by atoms with Crippen molar-refractivity contribution < 1.29 is 9.42 Å². The first-order chi connectivity index (χ1) is 13.1. The molecule has 27 heavy (non-hydrogen) atoms. The molecule has 1 amide bonds. The number of nitrogens with zero attached hydrogens (tertiary/aromatic N) is 6. The van der Waals surface area contributed by atoms with Crippen LogP contribution in [-0.2, 0) is 6.54 Å². The van der Waals surface area contributed by atoms with Gasteiger partial charge in [-0.1, -0.05) is 30.3 Å². The SMILES string of the molecule is CC/C(C)=N/NC(=O)c1nnn(-c2nonc2N)c1CNc1ccccc1. The molecule has 3 aromatic rings. The Morgan fingerprint density at radius 3 is 2.74 bits per heavy atom. The minimum atomic E-state index is -0.492. The molecule has 3 rings (SSSR count). The Labute approximate surface area is 154 Å². The fourth-order valence-corrected chi connectivity index (χ4v) is 2.16. The monoisotopic (exact) mass is 369 g/mol. The summed E-state index contributed by atoms with van der Waals surface area (Å²) < 4.78 is 5.94. The van der Waals surface area contributed by atoms with Gasteiger partial charge in [-0.25, -0.2) is 10.1 Å². The van der Waals surface area contributed by atoms with E-state index < -0.39 is 5.91 Å². The topological polar surface area (TPSA) is 149 Å². The molecular weight excluding hydrogens is 350 g/mol. The lowest BCUT2D eigenvalue weighted by molar-refractivity contribution is 0.0948. The van der Waals surface area contributed by atoms with Crippen molar-refractivity contribution in [1.29, 1.82) is 0 Å². The van der Waals surface area contributed by atoms with Crippen LogP contribution >= 0.6 is 0 Å². The van der Waals surface area contributed by atoms with E-state index in [1.54, 1.807) is 0 Å². The van der Waals surface area contributed by atoms with Crippen LogP contribution in [0.15, 0.2) is 40.1 Å². The van der Waals surface area contributed by atoms with Gasteiger partial charge in [-0.3, -0.25) is 4.79 Å². The van der Waals surface area contributed by atoms with Gasteiger partial charge < -0.3 is 11.1 Å². The Kier molecular flexibility index (Phi) is 5.40. The van der Waals surface area contributed by atoms with E-state index in [-0.39, 0.29) is 23.9 Å². The number of rotatable bonds is 7.